The van der Waals surface area contributed by atoms with Gasteiger partial charge in [-0.25, -0.2) is 0 Å². The van der Waals surface area contributed by atoms with Crippen LogP contribution in [0.4, 0.5) is 11.4 Å². The summed E-state index contributed by atoms with van der Waals surface area (Å²) in [4.78, 5) is 56.5. The predicted molar refractivity (Wildman–Crippen MR) is 85.8 cm³/mol. The Balaban J connectivity index is 3.55. The van der Waals surface area contributed by atoms with Crippen molar-refractivity contribution < 1.29 is 33.7 Å². The zero-order valence-corrected chi connectivity index (χ0v) is 14.3. The van der Waals surface area contributed by atoms with Crippen LogP contribution in [0.1, 0.15) is 24.2 Å². The van der Waals surface area contributed by atoms with Gasteiger partial charge in [0.1, 0.15) is 5.02 Å². The molecular formula is C14H13ClN2O9. The topological polar surface area (TPSA) is 156 Å². The van der Waals surface area contributed by atoms with E-state index in [4.69, 9.17) is 11.6 Å². The fourth-order valence-electron chi connectivity index (χ4n) is 1.93. The van der Waals surface area contributed by atoms with Crippen LogP contribution in [-0.4, -0.2) is 40.8 Å². The molecule has 0 heterocycles. The number of halogens is 1. The van der Waals surface area contributed by atoms with Gasteiger partial charge < -0.3 is 9.47 Å². The summed E-state index contributed by atoms with van der Waals surface area (Å²) in [7, 11) is 0. The number of carbonyl (C=O) groups excluding carboxylic acids is 3. The van der Waals surface area contributed by atoms with Crippen LogP contribution in [0.5, 0.6) is 0 Å². The third-order valence-electron chi connectivity index (χ3n) is 3.02. The van der Waals surface area contributed by atoms with Crippen LogP contribution in [-0.2, 0) is 19.1 Å². The number of hydrogen-bond donors (Lipinski definition) is 0. The number of non-ortho nitro benzene ring substituents is 1. The Kier molecular flexibility index (Phi) is 7.14. The van der Waals surface area contributed by atoms with Crippen LogP contribution in [0.15, 0.2) is 12.1 Å². The summed E-state index contributed by atoms with van der Waals surface area (Å²) in [6.07, 6.45) is 0. The molecule has 0 aliphatic heterocycles. The molecule has 26 heavy (non-hydrogen) atoms. The van der Waals surface area contributed by atoms with E-state index in [9.17, 15) is 34.6 Å². The van der Waals surface area contributed by atoms with Gasteiger partial charge in [0.2, 0.25) is 5.92 Å². The molecule has 0 spiro atoms. The number of carbonyl (C=O) groups is 3. The maximum Gasteiger partial charge on any atom is 0.328 e. The Bertz CT molecular complexity index is 760. The third-order valence-corrected chi connectivity index (χ3v) is 3.42. The van der Waals surface area contributed by atoms with Gasteiger partial charge in [-0.15, -0.1) is 0 Å². The van der Waals surface area contributed by atoms with E-state index < -0.39 is 55.4 Å². The molecule has 0 aliphatic rings. The minimum Gasteiger partial charge on any atom is -0.465 e. The molecule has 0 aliphatic carbocycles. The highest BCUT2D eigenvalue weighted by Gasteiger charge is 2.40. The highest BCUT2D eigenvalue weighted by molar-refractivity contribution is 6.37. The van der Waals surface area contributed by atoms with E-state index in [1.54, 1.807) is 0 Å². The highest BCUT2D eigenvalue weighted by atomic mass is 35.5. The molecule has 0 atom stereocenters. The number of hydrogen-bond acceptors (Lipinski definition) is 9. The Morgan fingerprint density at radius 1 is 1.04 bits per heavy atom. The summed E-state index contributed by atoms with van der Waals surface area (Å²) in [5.74, 6) is -5.95. The lowest BCUT2D eigenvalue weighted by molar-refractivity contribution is -0.394. The predicted octanol–water partition coefficient (Wildman–Crippen LogP) is 2.08. The number of ether oxygens (including phenoxy) is 2. The fourth-order valence-corrected chi connectivity index (χ4v) is 2.20. The smallest absolute Gasteiger partial charge is 0.328 e. The number of nitro benzene ring substituents is 2. The lowest BCUT2D eigenvalue weighted by Crippen LogP contribution is -2.35. The second kappa shape index (κ2) is 8.85. The van der Waals surface area contributed by atoms with Crippen molar-refractivity contribution in [2.24, 2.45) is 5.92 Å². The van der Waals surface area contributed by atoms with Crippen molar-refractivity contribution >= 4 is 40.7 Å². The van der Waals surface area contributed by atoms with Crippen LogP contribution < -0.4 is 0 Å². The number of benzene rings is 1. The molecule has 0 radical (unpaired) electrons. The fraction of sp³-hybridized carbons (Fsp3) is 0.357. The van der Waals surface area contributed by atoms with Gasteiger partial charge in [-0.1, -0.05) is 11.6 Å². The average Bonchev–Trinajstić information content (AvgIpc) is 2.55. The maximum atomic E-state index is 12.6. The number of Topliss-reactive ketones (excluding diaryl/α,β-unsaturated/α-hetero) is 1. The molecule has 0 saturated carbocycles. The van der Waals surface area contributed by atoms with Gasteiger partial charge in [-0.05, 0) is 13.8 Å². The molecule has 0 fully saturated rings. The van der Waals surface area contributed by atoms with Crippen molar-refractivity contribution in [3.8, 4) is 0 Å². The molecule has 11 nitrogen and oxygen atoms in total. The van der Waals surface area contributed by atoms with Crippen molar-refractivity contribution in [2.45, 2.75) is 13.8 Å². The van der Waals surface area contributed by atoms with Crippen molar-refractivity contribution in [3.63, 3.8) is 0 Å². The third kappa shape index (κ3) is 4.51. The minimum atomic E-state index is -2.12. The van der Waals surface area contributed by atoms with E-state index in [1.165, 1.54) is 13.8 Å². The van der Waals surface area contributed by atoms with Gasteiger partial charge in [0.25, 0.3) is 11.4 Å². The number of ketones is 1. The summed E-state index contributed by atoms with van der Waals surface area (Å²) >= 11 is 5.79. The highest BCUT2D eigenvalue weighted by Crippen LogP contribution is 2.34. The standard InChI is InChI=1S/C14H13ClN2O9/c1-3-25-13(19)10(14(20)26-4-2)12(18)8-5-7(16(21)22)6-9(11(8)15)17(23)24/h5-6,10H,3-4H2,1-2H3. The second-order valence-corrected chi connectivity index (χ2v) is 5.02. The van der Waals surface area contributed by atoms with E-state index in [2.05, 4.69) is 9.47 Å². The molecule has 0 aromatic heterocycles. The Labute approximate surface area is 151 Å². The van der Waals surface area contributed by atoms with E-state index in [1.807, 2.05) is 0 Å². The van der Waals surface area contributed by atoms with Crippen molar-refractivity contribution in [3.05, 3.63) is 42.9 Å². The van der Waals surface area contributed by atoms with E-state index in [0.29, 0.717) is 12.1 Å². The zero-order valence-electron chi connectivity index (χ0n) is 13.6. The SMILES string of the molecule is CCOC(=O)C(C(=O)OCC)C(=O)c1cc([N+](=O)[O-])cc([N+](=O)[O-])c1Cl. The summed E-state index contributed by atoms with van der Waals surface area (Å²) in [6, 6.07) is 1.20. The van der Waals surface area contributed by atoms with E-state index >= 15 is 0 Å². The minimum absolute atomic E-state index is 0.162. The van der Waals surface area contributed by atoms with Crippen molar-refractivity contribution in [1.82, 2.24) is 0 Å². The first-order valence-corrected chi connectivity index (χ1v) is 7.53. The molecule has 0 saturated heterocycles. The maximum absolute atomic E-state index is 12.6. The Morgan fingerprint density at radius 2 is 1.54 bits per heavy atom. The molecule has 0 unspecified atom stereocenters. The molecule has 0 N–H and O–H groups in total. The monoisotopic (exact) mass is 388 g/mol. The van der Waals surface area contributed by atoms with E-state index in [-0.39, 0.29) is 13.2 Å². The molecule has 1 aromatic carbocycles. The first-order valence-electron chi connectivity index (χ1n) is 7.15. The largest absolute Gasteiger partial charge is 0.465 e. The van der Waals surface area contributed by atoms with Crippen LogP contribution >= 0.6 is 11.6 Å². The number of esters is 2. The number of nitro groups is 2. The lowest BCUT2D eigenvalue weighted by Gasteiger charge is -2.14. The molecule has 1 aromatic rings. The van der Waals surface area contributed by atoms with Crippen molar-refractivity contribution in [2.75, 3.05) is 13.2 Å². The summed E-state index contributed by atoms with van der Waals surface area (Å²) in [5, 5.41) is 21.2. The van der Waals surface area contributed by atoms with Gasteiger partial charge in [0.15, 0.2) is 5.78 Å². The van der Waals surface area contributed by atoms with Crippen LogP contribution in [0.3, 0.4) is 0 Å². The van der Waals surface area contributed by atoms with Gasteiger partial charge >= 0.3 is 11.9 Å². The normalized spacial score (nSPS) is 10.3. The first-order chi connectivity index (χ1) is 12.1. The summed E-state index contributed by atoms with van der Waals surface area (Å²) in [5.41, 5.74) is -2.47. The first kappa shape index (κ1) is 21.0. The van der Waals surface area contributed by atoms with Crippen LogP contribution in [0.2, 0.25) is 5.02 Å². The van der Waals surface area contributed by atoms with Gasteiger partial charge in [0.05, 0.1) is 34.7 Å². The van der Waals surface area contributed by atoms with E-state index in [0.717, 1.165) is 0 Å². The number of nitrogens with zero attached hydrogens (tertiary/aromatic N) is 2. The Morgan fingerprint density at radius 3 is 1.92 bits per heavy atom. The molecule has 1 rings (SSSR count). The van der Waals surface area contributed by atoms with Crippen molar-refractivity contribution in [1.29, 1.82) is 0 Å². The summed E-state index contributed by atoms with van der Waals surface area (Å²) in [6.45, 7) is 2.53. The summed E-state index contributed by atoms with van der Waals surface area (Å²) < 4.78 is 9.28. The molecule has 0 bridgehead atoms. The van der Waals surface area contributed by atoms with Gasteiger partial charge in [-0.3, -0.25) is 34.6 Å². The van der Waals surface area contributed by atoms with Gasteiger partial charge in [0, 0.05) is 6.07 Å². The quantitative estimate of drug-likeness (QED) is 0.214. The molecule has 0 amide bonds. The Hall–Kier alpha value is -3.08. The van der Waals surface area contributed by atoms with Gasteiger partial charge in [-0.2, -0.15) is 0 Å². The number of rotatable bonds is 8. The molecule has 12 heteroatoms. The van der Waals surface area contributed by atoms with Crippen LogP contribution in [0, 0.1) is 26.1 Å². The second-order valence-electron chi connectivity index (χ2n) is 4.64. The zero-order chi connectivity index (χ0) is 20.0. The average molecular weight is 389 g/mol. The molecule has 140 valence electrons. The lowest BCUT2D eigenvalue weighted by atomic mass is 9.96. The van der Waals surface area contributed by atoms with Crippen LogP contribution in [0.25, 0.3) is 0 Å². The molecular weight excluding hydrogens is 376 g/mol.